The summed E-state index contributed by atoms with van der Waals surface area (Å²) in [6.45, 7) is 2.81. The van der Waals surface area contributed by atoms with Crippen LogP contribution in [-0.2, 0) is 17.8 Å². The monoisotopic (exact) mass is 864 g/mol. The van der Waals surface area contributed by atoms with Gasteiger partial charge in [-0.25, -0.2) is 26.9 Å². The molecule has 0 radical (unpaired) electrons. The number of nitrogens with two attached hydrogens (primary N) is 1. The SMILES string of the molecule is CC(C)c1ccn(CC(=O)NC(Cc2cc(F)cc(F)c2)C(=Nc2cc(-c3ccccc3F)ccc2C=O)N(C)c2ccc(Cl)c(C(N)=NSC3CC3)c2NCC(F)F)n1. The number of likely N-dealkylation sites (N-methyl/N-ethyl adjacent to an activating group) is 1. The molecule has 0 spiro atoms. The van der Waals surface area contributed by atoms with Crippen LogP contribution in [0.15, 0.2) is 94.4 Å². The van der Waals surface area contributed by atoms with Crippen LogP contribution in [0.3, 0.4) is 0 Å². The third kappa shape index (κ3) is 11.1. The van der Waals surface area contributed by atoms with Gasteiger partial charge in [-0.1, -0.05) is 49.7 Å². The molecule has 1 aromatic heterocycles. The molecule has 4 N–H and O–H groups in total. The van der Waals surface area contributed by atoms with E-state index in [2.05, 4.69) is 20.1 Å². The first-order valence-corrected chi connectivity index (χ1v) is 20.2. The molecule has 17 heteroatoms. The third-order valence-corrected chi connectivity index (χ3v) is 10.9. The number of carbonyl (C=O) groups excluding carboxylic acids is 2. The van der Waals surface area contributed by atoms with Crippen molar-refractivity contribution in [2.24, 2.45) is 15.1 Å². The second kappa shape index (κ2) is 19.5. The number of anilines is 2. The smallest absolute Gasteiger partial charge is 0.255 e. The van der Waals surface area contributed by atoms with Crippen LogP contribution in [0.4, 0.5) is 39.0 Å². The predicted molar refractivity (Wildman–Crippen MR) is 228 cm³/mol. The zero-order valence-electron chi connectivity index (χ0n) is 32.8. The van der Waals surface area contributed by atoms with E-state index in [1.807, 2.05) is 13.8 Å². The van der Waals surface area contributed by atoms with E-state index in [4.69, 9.17) is 22.3 Å². The number of halogens is 6. The van der Waals surface area contributed by atoms with Crippen molar-refractivity contribution in [3.05, 3.63) is 130 Å². The molecule has 1 heterocycles. The van der Waals surface area contributed by atoms with E-state index in [1.165, 1.54) is 65.0 Å². The summed E-state index contributed by atoms with van der Waals surface area (Å²) in [7, 11) is 1.53. The Morgan fingerprint density at radius 1 is 1.05 bits per heavy atom. The molecule has 1 aliphatic carbocycles. The van der Waals surface area contributed by atoms with Crippen LogP contribution in [0, 0.1) is 17.5 Å². The van der Waals surface area contributed by atoms with Gasteiger partial charge in [0.15, 0.2) is 6.29 Å². The van der Waals surface area contributed by atoms with Crippen molar-refractivity contribution in [3.8, 4) is 11.1 Å². The van der Waals surface area contributed by atoms with Crippen LogP contribution < -0.4 is 21.3 Å². The molecule has 314 valence electrons. The number of nitrogens with one attached hydrogen (secondary N) is 2. The highest BCUT2D eigenvalue weighted by Gasteiger charge is 2.29. The van der Waals surface area contributed by atoms with Crippen molar-refractivity contribution < 1.29 is 31.5 Å². The van der Waals surface area contributed by atoms with Crippen molar-refractivity contribution in [2.75, 3.05) is 23.8 Å². The summed E-state index contributed by atoms with van der Waals surface area (Å²) in [5, 5.41) is 10.5. The first kappa shape index (κ1) is 43.8. The number of carbonyl (C=O) groups is 2. The number of amides is 1. The summed E-state index contributed by atoms with van der Waals surface area (Å²) < 4.78 is 78.2. The number of benzene rings is 4. The largest absolute Gasteiger partial charge is 0.383 e. The van der Waals surface area contributed by atoms with Gasteiger partial charge >= 0.3 is 0 Å². The summed E-state index contributed by atoms with van der Waals surface area (Å²) in [5.74, 6) is -2.85. The Labute approximate surface area is 353 Å². The van der Waals surface area contributed by atoms with E-state index in [0.29, 0.717) is 17.9 Å². The first-order chi connectivity index (χ1) is 28.7. The Balaban J connectivity index is 1.56. The van der Waals surface area contributed by atoms with E-state index in [0.717, 1.165) is 30.7 Å². The van der Waals surface area contributed by atoms with Crippen LogP contribution in [0.25, 0.3) is 11.1 Å². The molecule has 5 aromatic rings. The molecule has 4 aromatic carbocycles. The molecule has 60 heavy (non-hydrogen) atoms. The Morgan fingerprint density at radius 2 is 1.78 bits per heavy atom. The van der Waals surface area contributed by atoms with Crippen molar-refractivity contribution in [3.63, 3.8) is 0 Å². The number of rotatable bonds is 17. The van der Waals surface area contributed by atoms with Gasteiger partial charge in [-0.05, 0) is 90.4 Å². The van der Waals surface area contributed by atoms with E-state index in [9.17, 15) is 27.2 Å². The summed E-state index contributed by atoms with van der Waals surface area (Å²) >= 11 is 7.95. The Morgan fingerprint density at radius 3 is 2.43 bits per heavy atom. The van der Waals surface area contributed by atoms with Gasteiger partial charge in [0.05, 0.1) is 45.9 Å². The fourth-order valence-electron chi connectivity index (χ4n) is 6.37. The van der Waals surface area contributed by atoms with Gasteiger partial charge in [-0.3, -0.25) is 14.3 Å². The Bertz CT molecular complexity index is 2400. The Hall–Kier alpha value is -5.74. The van der Waals surface area contributed by atoms with E-state index in [1.54, 1.807) is 30.5 Å². The quantitative estimate of drug-likeness (QED) is 0.0279. The van der Waals surface area contributed by atoms with Gasteiger partial charge in [0.25, 0.3) is 6.43 Å². The minimum Gasteiger partial charge on any atom is -0.383 e. The van der Waals surface area contributed by atoms with Crippen molar-refractivity contribution in [1.82, 2.24) is 15.1 Å². The zero-order valence-corrected chi connectivity index (χ0v) is 34.4. The molecule has 0 bridgehead atoms. The number of hydrogen-bond donors (Lipinski definition) is 3. The molecular formula is C43H42ClF5N8O2S. The van der Waals surface area contributed by atoms with Crippen LogP contribution >= 0.6 is 23.5 Å². The fraction of sp³-hybridized carbons (Fsp3) is 0.279. The lowest BCUT2D eigenvalue weighted by atomic mass is 10.0. The van der Waals surface area contributed by atoms with Gasteiger partial charge < -0.3 is 21.3 Å². The number of alkyl halides is 2. The van der Waals surface area contributed by atoms with Crippen molar-refractivity contribution >= 4 is 64.5 Å². The minimum absolute atomic E-state index is 0.0265. The normalized spacial score (nSPS) is 13.8. The molecule has 10 nitrogen and oxygen atoms in total. The predicted octanol–water partition coefficient (Wildman–Crippen LogP) is 9.34. The van der Waals surface area contributed by atoms with E-state index < -0.39 is 42.4 Å². The molecule has 1 aliphatic rings. The Kier molecular flexibility index (Phi) is 14.3. The number of aromatic nitrogens is 2. The number of hydrogen-bond acceptors (Lipinski definition) is 7. The third-order valence-electron chi connectivity index (χ3n) is 9.50. The molecule has 0 saturated heterocycles. The minimum atomic E-state index is -2.81. The van der Waals surface area contributed by atoms with Gasteiger partial charge in [0, 0.05) is 42.1 Å². The molecule has 1 atom stereocenters. The van der Waals surface area contributed by atoms with Crippen molar-refractivity contribution in [2.45, 2.75) is 63.3 Å². The van der Waals surface area contributed by atoms with Crippen LogP contribution in [0.1, 0.15) is 59.8 Å². The van der Waals surface area contributed by atoms with Gasteiger partial charge in [0.2, 0.25) is 5.91 Å². The number of aliphatic imine (C=N–C) groups is 1. The number of amidine groups is 2. The van der Waals surface area contributed by atoms with Crippen LogP contribution in [0.5, 0.6) is 0 Å². The lowest BCUT2D eigenvalue weighted by Gasteiger charge is -2.31. The van der Waals surface area contributed by atoms with Gasteiger partial charge in [0.1, 0.15) is 35.7 Å². The summed E-state index contributed by atoms with van der Waals surface area (Å²) in [5.41, 5.74) is 8.37. The standard InChI is InChI=1S/C43H42ClF5N8O2S/c1-24(2)34-14-15-57(54-34)22-39(59)52-36(18-25-16-28(45)20-29(46)17-25)43(53-35-19-26(8-9-27(35)23-58)31-6-4-5-7-33(31)47)56(3)37-13-12-32(44)40(41(37)51-21-38(48)49)42(50)55-60-30-10-11-30/h4-9,12-17,19-20,23-24,30,36,38,51H,10-11,18,21-22H2,1-3H3,(H2,50,55)(H,52,59). The first-order valence-electron chi connectivity index (χ1n) is 19.0. The van der Waals surface area contributed by atoms with Gasteiger partial charge in [-0.15, -0.1) is 0 Å². The molecule has 1 amide bonds. The summed E-state index contributed by atoms with van der Waals surface area (Å²) in [6.07, 6.45) is 0.998. The van der Waals surface area contributed by atoms with Crippen molar-refractivity contribution in [1.29, 1.82) is 0 Å². The molecular weight excluding hydrogens is 823 g/mol. The lowest BCUT2D eigenvalue weighted by molar-refractivity contribution is -0.122. The highest BCUT2D eigenvalue weighted by Crippen LogP contribution is 2.39. The van der Waals surface area contributed by atoms with E-state index in [-0.39, 0.29) is 80.1 Å². The van der Waals surface area contributed by atoms with Crippen LogP contribution in [0.2, 0.25) is 5.02 Å². The topological polar surface area (TPSA) is 130 Å². The highest BCUT2D eigenvalue weighted by atomic mass is 35.5. The second-order valence-electron chi connectivity index (χ2n) is 14.5. The molecule has 1 unspecified atom stereocenters. The zero-order chi connectivity index (χ0) is 43.1. The lowest BCUT2D eigenvalue weighted by Crippen LogP contribution is -2.50. The molecule has 0 aliphatic heterocycles. The van der Waals surface area contributed by atoms with E-state index >= 15 is 4.39 Å². The molecule has 1 fully saturated rings. The maximum absolute atomic E-state index is 15.1. The average Bonchev–Trinajstić information content (AvgIpc) is 3.92. The number of nitrogens with zero attached hydrogens (tertiary/aromatic N) is 5. The number of aldehydes is 1. The molecule has 1 saturated carbocycles. The molecule has 6 rings (SSSR count). The highest BCUT2D eigenvalue weighted by molar-refractivity contribution is 7.99. The second-order valence-corrected chi connectivity index (χ2v) is 15.9. The van der Waals surface area contributed by atoms with Crippen LogP contribution in [-0.4, -0.2) is 65.0 Å². The maximum atomic E-state index is 15.1. The van der Waals surface area contributed by atoms with Gasteiger partial charge in [-0.2, -0.15) is 9.50 Å². The fourth-order valence-corrected chi connectivity index (χ4v) is 7.33. The summed E-state index contributed by atoms with van der Waals surface area (Å²) in [6, 6.07) is 17.0. The average molecular weight is 865 g/mol. The maximum Gasteiger partial charge on any atom is 0.255 e. The summed E-state index contributed by atoms with van der Waals surface area (Å²) in [4.78, 5) is 32.9.